The van der Waals surface area contributed by atoms with Crippen molar-refractivity contribution in [1.29, 1.82) is 0 Å². The Balaban J connectivity index is 1.82. The average Bonchev–Trinajstić information content (AvgIpc) is 1.59. The summed E-state index contributed by atoms with van der Waals surface area (Å²) < 4.78 is 0. The Bertz CT molecular complexity index is 112. The first-order valence-electron chi connectivity index (χ1n) is 3.61. The van der Waals surface area contributed by atoms with E-state index in [1.807, 2.05) is 0 Å². The molecular weight excluding hydrogens is 178 g/mol. The molecule has 0 aromatic carbocycles. The SMILES string of the molecule is BrCC1CC2(CNC2)C1. The van der Waals surface area contributed by atoms with Crippen LogP contribution in [0.4, 0.5) is 0 Å². The van der Waals surface area contributed by atoms with Gasteiger partial charge in [-0.15, -0.1) is 0 Å². The van der Waals surface area contributed by atoms with E-state index in [0.29, 0.717) is 0 Å². The highest BCUT2D eigenvalue weighted by Gasteiger charge is 2.47. The molecule has 2 fully saturated rings. The lowest BCUT2D eigenvalue weighted by Gasteiger charge is -2.54. The standard InChI is InChI=1S/C7H12BrN/c8-3-6-1-7(2-6)4-9-5-7/h6,9H,1-5H2. The predicted molar refractivity (Wildman–Crippen MR) is 41.8 cm³/mol. The van der Waals surface area contributed by atoms with Crippen LogP contribution in [0.25, 0.3) is 0 Å². The van der Waals surface area contributed by atoms with Crippen molar-refractivity contribution in [2.75, 3.05) is 18.4 Å². The van der Waals surface area contributed by atoms with Gasteiger partial charge in [-0.05, 0) is 24.2 Å². The zero-order valence-electron chi connectivity index (χ0n) is 5.49. The lowest BCUT2D eigenvalue weighted by molar-refractivity contribution is 0.0122. The van der Waals surface area contributed by atoms with Gasteiger partial charge in [0.1, 0.15) is 0 Å². The quantitative estimate of drug-likeness (QED) is 0.616. The molecule has 1 N–H and O–H groups in total. The van der Waals surface area contributed by atoms with Crippen molar-refractivity contribution in [1.82, 2.24) is 5.32 Å². The zero-order chi connectivity index (χ0) is 6.32. The molecule has 1 heterocycles. The Kier molecular flexibility index (Phi) is 1.34. The third kappa shape index (κ3) is 0.838. The van der Waals surface area contributed by atoms with Crippen LogP contribution in [-0.2, 0) is 0 Å². The molecule has 1 spiro atoms. The van der Waals surface area contributed by atoms with Gasteiger partial charge in [-0.25, -0.2) is 0 Å². The second-order valence-electron chi connectivity index (χ2n) is 3.53. The third-order valence-electron chi connectivity index (χ3n) is 2.66. The number of alkyl halides is 1. The maximum atomic E-state index is 3.51. The molecule has 1 aliphatic heterocycles. The highest BCUT2D eigenvalue weighted by atomic mass is 79.9. The van der Waals surface area contributed by atoms with E-state index in [0.717, 1.165) is 11.3 Å². The second-order valence-corrected chi connectivity index (χ2v) is 4.18. The summed E-state index contributed by atoms with van der Waals surface area (Å²) in [6.07, 6.45) is 2.93. The van der Waals surface area contributed by atoms with Crippen molar-refractivity contribution in [2.45, 2.75) is 12.8 Å². The minimum atomic E-state index is 0.776. The molecule has 1 saturated carbocycles. The summed E-state index contributed by atoms with van der Waals surface area (Å²) in [7, 11) is 0. The van der Waals surface area contributed by atoms with E-state index in [1.165, 1.54) is 31.3 Å². The topological polar surface area (TPSA) is 12.0 Å². The normalized spacial score (nSPS) is 31.7. The first-order valence-corrected chi connectivity index (χ1v) is 4.73. The molecule has 2 heteroatoms. The van der Waals surface area contributed by atoms with E-state index in [2.05, 4.69) is 21.2 Å². The molecule has 2 aliphatic rings. The van der Waals surface area contributed by atoms with Crippen LogP contribution < -0.4 is 5.32 Å². The number of hydrogen-bond donors (Lipinski definition) is 1. The molecule has 0 aromatic rings. The van der Waals surface area contributed by atoms with Crippen molar-refractivity contribution < 1.29 is 0 Å². The molecule has 0 aromatic heterocycles. The molecule has 0 unspecified atom stereocenters. The fourth-order valence-corrected chi connectivity index (χ4v) is 2.50. The summed E-state index contributed by atoms with van der Waals surface area (Å²) in [5, 5.41) is 4.55. The van der Waals surface area contributed by atoms with Crippen LogP contribution in [0.5, 0.6) is 0 Å². The predicted octanol–water partition coefficient (Wildman–Crippen LogP) is 1.38. The molecule has 1 nitrogen and oxygen atoms in total. The molecule has 0 amide bonds. The summed E-state index contributed by atoms with van der Waals surface area (Å²) in [5.41, 5.74) is 0.776. The summed E-state index contributed by atoms with van der Waals surface area (Å²) in [4.78, 5) is 0. The monoisotopic (exact) mass is 189 g/mol. The molecule has 1 aliphatic carbocycles. The summed E-state index contributed by atoms with van der Waals surface area (Å²) >= 11 is 3.51. The van der Waals surface area contributed by atoms with Gasteiger partial charge < -0.3 is 5.32 Å². The van der Waals surface area contributed by atoms with Crippen LogP contribution in [0.1, 0.15) is 12.8 Å². The summed E-state index contributed by atoms with van der Waals surface area (Å²) in [5.74, 6) is 0.993. The van der Waals surface area contributed by atoms with E-state index in [4.69, 9.17) is 0 Å². The van der Waals surface area contributed by atoms with Gasteiger partial charge in [0.25, 0.3) is 0 Å². The van der Waals surface area contributed by atoms with Gasteiger partial charge in [0.05, 0.1) is 0 Å². The Morgan fingerprint density at radius 3 is 2.44 bits per heavy atom. The van der Waals surface area contributed by atoms with E-state index >= 15 is 0 Å². The fourth-order valence-electron chi connectivity index (χ4n) is 2.04. The Hall–Kier alpha value is 0.440. The van der Waals surface area contributed by atoms with Gasteiger partial charge in [0, 0.05) is 18.4 Å². The maximum absolute atomic E-state index is 3.51. The van der Waals surface area contributed by atoms with E-state index < -0.39 is 0 Å². The third-order valence-corrected chi connectivity index (χ3v) is 3.58. The smallest absolute Gasteiger partial charge is 0.00601 e. The average molecular weight is 190 g/mol. The molecule has 9 heavy (non-hydrogen) atoms. The largest absolute Gasteiger partial charge is 0.316 e. The highest BCUT2D eigenvalue weighted by molar-refractivity contribution is 9.09. The van der Waals surface area contributed by atoms with Crippen molar-refractivity contribution in [3.8, 4) is 0 Å². The molecule has 1 saturated heterocycles. The lowest BCUT2D eigenvalue weighted by Crippen LogP contribution is -2.60. The van der Waals surface area contributed by atoms with Gasteiger partial charge >= 0.3 is 0 Å². The minimum absolute atomic E-state index is 0.776. The summed E-state index contributed by atoms with van der Waals surface area (Å²) in [6, 6.07) is 0. The number of rotatable bonds is 1. The zero-order valence-corrected chi connectivity index (χ0v) is 7.08. The van der Waals surface area contributed by atoms with Gasteiger partial charge in [-0.2, -0.15) is 0 Å². The Morgan fingerprint density at radius 1 is 1.44 bits per heavy atom. The minimum Gasteiger partial charge on any atom is -0.316 e. The summed E-state index contributed by atoms with van der Waals surface area (Å²) in [6.45, 7) is 2.58. The van der Waals surface area contributed by atoms with E-state index in [-0.39, 0.29) is 0 Å². The van der Waals surface area contributed by atoms with Crippen molar-refractivity contribution >= 4 is 15.9 Å². The Morgan fingerprint density at radius 2 is 2.11 bits per heavy atom. The van der Waals surface area contributed by atoms with Crippen LogP contribution in [0.15, 0.2) is 0 Å². The highest BCUT2D eigenvalue weighted by Crippen LogP contribution is 2.48. The Labute approximate surface area is 64.3 Å². The van der Waals surface area contributed by atoms with E-state index in [9.17, 15) is 0 Å². The lowest BCUT2D eigenvalue weighted by atomic mass is 9.59. The van der Waals surface area contributed by atoms with Crippen molar-refractivity contribution in [2.24, 2.45) is 11.3 Å². The fraction of sp³-hybridized carbons (Fsp3) is 1.00. The first kappa shape index (κ1) is 6.17. The second kappa shape index (κ2) is 1.96. The van der Waals surface area contributed by atoms with Gasteiger partial charge in [-0.3, -0.25) is 0 Å². The molecule has 0 radical (unpaired) electrons. The van der Waals surface area contributed by atoms with E-state index in [1.54, 1.807) is 0 Å². The number of nitrogens with one attached hydrogen (secondary N) is 1. The first-order chi connectivity index (χ1) is 4.35. The molecule has 2 rings (SSSR count). The van der Waals surface area contributed by atoms with Crippen molar-refractivity contribution in [3.05, 3.63) is 0 Å². The van der Waals surface area contributed by atoms with Crippen LogP contribution >= 0.6 is 15.9 Å². The van der Waals surface area contributed by atoms with Crippen LogP contribution in [0.2, 0.25) is 0 Å². The molecular formula is C7H12BrN. The van der Waals surface area contributed by atoms with Gasteiger partial charge in [0.15, 0.2) is 0 Å². The number of halogens is 1. The van der Waals surface area contributed by atoms with Crippen LogP contribution in [-0.4, -0.2) is 18.4 Å². The molecule has 0 bridgehead atoms. The number of hydrogen-bond acceptors (Lipinski definition) is 1. The maximum Gasteiger partial charge on any atom is 0.00601 e. The molecule has 52 valence electrons. The van der Waals surface area contributed by atoms with Crippen molar-refractivity contribution in [3.63, 3.8) is 0 Å². The van der Waals surface area contributed by atoms with Crippen LogP contribution in [0, 0.1) is 11.3 Å². The molecule has 0 atom stereocenters. The van der Waals surface area contributed by atoms with Gasteiger partial charge in [-0.1, -0.05) is 15.9 Å². The van der Waals surface area contributed by atoms with Gasteiger partial charge in [0.2, 0.25) is 0 Å². The van der Waals surface area contributed by atoms with Crippen LogP contribution in [0.3, 0.4) is 0 Å².